The van der Waals surface area contributed by atoms with Gasteiger partial charge in [0.2, 0.25) is 0 Å². The summed E-state index contributed by atoms with van der Waals surface area (Å²) in [6, 6.07) is -0.915. The molecule has 1 N–H and O–H groups in total. The summed E-state index contributed by atoms with van der Waals surface area (Å²) in [6.07, 6.45) is 5.68. The van der Waals surface area contributed by atoms with E-state index in [1.165, 1.54) is 0 Å². The number of amides is 1. The number of ether oxygens (including phenoxy) is 3. The van der Waals surface area contributed by atoms with E-state index in [1.54, 1.807) is 20.8 Å². The third kappa shape index (κ3) is 10.2. The third-order valence-corrected chi connectivity index (χ3v) is 5.04. The number of rotatable bonds is 8. The normalized spacial score (nSPS) is 23.8. The molecule has 1 aliphatic heterocycles. The highest BCUT2D eigenvalue weighted by Crippen LogP contribution is 2.32. The van der Waals surface area contributed by atoms with Crippen LogP contribution in [0.4, 0.5) is 4.79 Å². The molecule has 1 amide bonds. The number of cyclic esters (lactones) is 1. The quantitative estimate of drug-likeness (QED) is 0.438. The molecule has 0 saturated carbocycles. The van der Waals surface area contributed by atoms with E-state index in [1.807, 2.05) is 0 Å². The lowest BCUT2D eigenvalue weighted by molar-refractivity contribution is -0.143. The van der Waals surface area contributed by atoms with E-state index < -0.39 is 23.7 Å². The molecule has 0 aromatic carbocycles. The Morgan fingerprint density at radius 2 is 1.93 bits per heavy atom. The molecule has 1 saturated heterocycles. The van der Waals surface area contributed by atoms with Gasteiger partial charge in [-0.25, -0.2) is 9.59 Å². The van der Waals surface area contributed by atoms with Crippen LogP contribution in [0.1, 0.15) is 80.1 Å². The number of unbranched alkanes of at least 4 members (excludes halogenated alkanes) is 2. The van der Waals surface area contributed by atoms with Crippen LogP contribution < -0.4 is 5.32 Å². The summed E-state index contributed by atoms with van der Waals surface area (Å²) >= 11 is 0. The van der Waals surface area contributed by atoms with Crippen LogP contribution in [0.2, 0.25) is 0 Å². The first-order valence-electron chi connectivity index (χ1n) is 11.0. The van der Waals surface area contributed by atoms with Crippen LogP contribution >= 0.6 is 0 Å². The molecule has 1 fully saturated rings. The first-order chi connectivity index (χ1) is 13.5. The monoisotopic (exact) mass is 411 g/mol. The fourth-order valence-corrected chi connectivity index (χ4v) is 3.45. The Balaban J connectivity index is 2.87. The molecule has 0 bridgehead atoms. The second-order valence-corrected chi connectivity index (χ2v) is 9.46. The van der Waals surface area contributed by atoms with Crippen LogP contribution in [-0.4, -0.2) is 36.9 Å². The largest absolute Gasteiger partial charge is 0.444 e. The first-order valence-corrected chi connectivity index (χ1v) is 11.0. The zero-order chi connectivity index (χ0) is 22.0. The fourth-order valence-electron chi connectivity index (χ4n) is 3.45. The number of hydrogen-bond acceptors (Lipinski definition) is 5. The first kappa shape index (κ1) is 25.5. The fraction of sp³-hybridized carbons (Fsp3) is 0.826. The maximum absolute atomic E-state index is 12.6. The van der Waals surface area contributed by atoms with Crippen molar-refractivity contribution in [2.45, 2.75) is 91.7 Å². The summed E-state index contributed by atoms with van der Waals surface area (Å²) in [6.45, 7) is 16.6. The van der Waals surface area contributed by atoms with Gasteiger partial charge in [0.05, 0.1) is 13.2 Å². The molecule has 6 heteroatoms. The SMILES string of the molecule is C=C1OC(=O)[C@@H](NC(=O)OC(C)(C)C)COC[C@H](CCC(C)C)[C@H]1CCCCC. The van der Waals surface area contributed by atoms with Gasteiger partial charge < -0.3 is 19.5 Å². The molecule has 1 aliphatic rings. The van der Waals surface area contributed by atoms with Crippen LogP contribution in [0.3, 0.4) is 0 Å². The van der Waals surface area contributed by atoms with Crippen molar-refractivity contribution in [3.05, 3.63) is 12.3 Å². The van der Waals surface area contributed by atoms with Gasteiger partial charge in [-0.05, 0) is 45.4 Å². The van der Waals surface area contributed by atoms with Crippen LogP contribution in [0.5, 0.6) is 0 Å². The second-order valence-electron chi connectivity index (χ2n) is 9.46. The van der Waals surface area contributed by atoms with Gasteiger partial charge in [0.15, 0.2) is 6.04 Å². The average molecular weight is 412 g/mol. The Labute approximate surface area is 176 Å². The Hall–Kier alpha value is -1.56. The van der Waals surface area contributed by atoms with Gasteiger partial charge >= 0.3 is 12.1 Å². The molecule has 3 atom stereocenters. The maximum atomic E-state index is 12.6. The molecular weight excluding hydrogens is 370 g/mol. The molecule has 0 unspecified atom stereocenters. The summed E-state index contributed by atoms with van der Waals surface area (Å²) in [4.78, 5) is 24.7. The van der Waals surface area contributed by atoms with Gasteiger partial charge in [0, 0.05) is 5.92 Å². The van der Waals surface area contributed by atoms with Crippen molar-refractivity contribution < 1.29 is 23.8 Å². The second kappa shape index (κ2) is 12.2. The Kier molecular flexibility index (Phi) is 10.7. The van der Waals surface area contributed by atoms with Gasteiger partial charge in [-0.1, -0.05) is 53.0 Å². The predicted octanol–water partition coefficient (Wildman–Crippen LogP) is 5.22. The summed E-state index contributed by atoms with van der Waals surface area (Å²) < 4.78 is 16.8. The Bertz CT molecular complexity index is 538. The van der Waals surface area contributed by atoms with E-state index in [0.29, 0.717) is 18.3 Å². The zero-order valence-corrected chi connectivity index (χ0v) is 19.2. The molecule has 0 radical (unpaired) electrons. The minimum absolute atomic E-state index is 0.0607. The molecule has 29 heavy (non-hydrogen) atoms. The zero-order valence-electron chi connectivity index (χ0n) is 19.2. The van der Waals surface area contributed by atoms with Crippen LogP contribution in [0.15, 0.2) is 12.3 Å². The Morgan fingerprint density at radius 1 is 1.24 bits per heavy atom. The van der Waals surface area contributed by atoms with Crippen LogP contribution in [0, 0.1) is 17.8 Å². The van der Waals surface area contributed by atoms with Gasteiger partial charge in [-0.15, -0.1) is 0 Å². The van der Waals surface area contributed by atoms with Crippen molar-refractivity contribution in [3.63, 3.8) is 0 Å². The smallest absolute Gasteiger partial charge is 0.408 e. The number of carbonyl (C=O) groups excluding carboxylic acids is 2. The molecule has 0 aromatic rings. The van der Waals surface area contributed by atoms with Crippen molar-refractivity contribution in [3.8, 4) is 0 Å². The van der Waals surface area contributed by atoms with Crippen molar-refractivity contribution in [1.82, 2.24) is 5.32 Å². The standard InChI is InChI=1S/C23H41NO5/c1-8-9-10-11-19-17(4)28-21(25)20(24-22(26)29-23(5,6)7)15-27-14-18(19)13-12-16(2)3/h16,18-20H,4,8-15H2,1-3,5-7H3,(H,24,26)/t18-,19-,20-/m0/s1. The lowest BCUT2D eigenvalue weighted by atomic mass is 9.82. The van der Waals surface area contributed by atoms with Crippen molar-refractivity contribution >= 4 is 12.1 Å². The summed E-state index contributed by atoms with van der Waals surface area (Å²) in [5, 5.41) is 2.57. The van der Waals surface area contributed by atoms with Crippen molar-refractivity contribution in [2.24, 2.45) is 17.8 Å². The van der Waals surface area contributed by atoms with E-state index >= 15 is 0 Å². The summed E-state index contributed by atoms with van der Waals surface area (Å²) in [5.41, 5.74) is -0.650. The molecule has 0 spiro atoms. The highest BCUT2D eigenvalue weighted by atomic mass is 16.6. The number of hydrogen-bond donors (Lipinski definition) is 1. The molecule has 168 valence electrons. The molecule has 1 rings (SSSR count). The lowest BCUT2D eigenvalue weighted by Crippen LogP contribution is -2.46. The van der Waals surface area contributed by atoms with Gasteiger partial charge in [-0.3, -0.25) is 0 Å². The van der Waals surface area contributed by atoms with Crippen LogP contribution in [0.25, 0.3) is 0 Å². The number of allylic oxidation sites excluding steroid dienone is 1. The van der Waals surface area contributed by atoms with Gasteiger partial charge in [0.1, 0.15) is 11.4 Å². The summed E-state index contributed by atoms with van der Waals surface area (Å²) in [7, 11) is 0. The number of carbonyl (C=O) groups is 2. The number of esters is 1. The van der Waals surface area contributed by atoms with E-state index in [4.69, 9.17) is 14.2 Å². The highest BCUT2D eigenvalue weighted by molar-refractivity contribution is 5.82. The third-order valence-electron chi connectivity index (χ3n) is 5.04. The van der Waals surface area contributed by atoms with Gasteiger partial charge in [-0.2, -0.15) is 0 Å². The summed E-state index contributed by atoms with van der Waals surface area (Å²) in [5.74, 6) is 0.850. The molecular formula is C23H41NO5. The minimum Gasteiger partial charge on any atom is -0.444 e. The van der Waals surface area contributed by atoms with E-state index in [9.17, 15) is 9.59 Å². The average Bonchev–Trinajstić information content (AvgIpc) is 2.63. The number of nitrogens with one attached hydrogen (secondary N) is 1. The minimum atomic E-state index is -0.915. The lowest BCUT2D eigenvalue weighted by Gasteiger charge is -2.27. The predicted molar refractivity (Wildman–Crippen MR) is 114 cm³/mol. The van der Waals surface area contributed by atoms with Crippen molar-refractivity contribution in [2.75, 3.05) is 13.2 Å². The molecule has 0 aliphatic carbocycles. The molecule has 6 nitrogen and oxygen atoms in total. The molecule has 0 aromatic heterocycles. The maximum Gasteiger partial charge on any atom is 0.408 e. The highest BCUT2D eigenvalue weighted by Gasteiger charge is 2.33. The molecule has 1 heterocycles. The number of alkyl carbamates (subject to hydrolysis) is 1. The Morgan fingerprint density at radius 3 is 2.52 bits per heavy atom. The van der Waals surface area contributed by atoms with Crippen molar-refractivity contribution in [1.29, 1.82) is 0 Å². The van der Waals surface area contributed by atoms with Crippen LogP contribution in [-0.2, 0) is 19.0 Å². The van der Waals surface area contributed by atoms with E-state index in [2.05, 4.69) is 32.7 Å². The van der Waals surface area contributed by atoms with E-state index in [-0.39, 0.29) is 18.4 Å². The van der Waals surface area contributed by atoms with E-state index in [0.717, 1.165) is 38.5 Å². The van der Waals surface area contributed by atoms with Gasteiger partial charge in [0.25, 0.3) is 0 Å². The topological polar surface area (TPSA) is 73.9 Å².